The van der Waals surface area contributed by atoms with Crippen LogP contribution in [-0.4, -0.2) is 43.7 Å². The molecule has 3 heterocycles. The summed E-state index contributed by atoms with van der Waals surface area (Å²) in [6, 6.07) is 0. The predicted molar refractivity (Wildman–Crippen MR) is 83.9 cm³/mol. The monoisotopic (exact) mass is 319 g/mol. The van der Waals surface area contributed by atoms with Crippen molar-refractivity contribution in [2.75, 3.05) is 13.1 Å². The van der Waals surface area contributed by atoms with E-state index in [9.17, 15) is 4.79 Å². The van der Waals surface area contributed by atoms with Crippen LogP contribution >= 0.6 is 11.3 Å². The molecule has 1 aliphatic carbocycles. The molecule has 4 rings (SSSR count). The molecule has 0 N–H and O–H groups in total. The fourth-order valence-electron chi connectivity index (χ4n) is 3.16. The average Bonchev–Trinajstić information content (AvgIpc) is 3.15. The number of aromatic nitrogens is 4. The van der Waals surface area contributed by atoms with Gasteiger partial charge < -0.3 is 4.90 Å². The minimum Gasteiger partial charge on any atom is -0.342 e. The number of hydrogen-bond acceptors (Lipinski definition) is 5. The highest BCUT2D eigenvalue weighted by molar-refractivity contribution is 7.16. The normalized spacial score (nSPS) is 22.4. The number of piperidine rings is 1. The molecule has 0 bridgehead atoms. The Balaban J connectivity index is 1.39. The molecule has 1 saturated carbocycles. The highest BCUT2D eigenvalue weighted by atomic mass is 32.1. The zero-order valence-electron chi connectivity index (χ0n) is 12.9. The predicted octanol–water partition coefficient (Wildman–Crippen LogP) is 2.25. The van der Waals surface area contributed by atoms with Crippen molar-refractivity contribution in [1.82, 2.24) is 24.7 Å². The van der Waals surface area contributed by atoms with E-state index in [1.54, 1.807) is 11.3 Å². The van der Waals surface area contributed by atoms with Crippen LogP contribution in [0.25, 0.3) is 4.96 Å². The van der Waals surface area contributed by atoms with Gasteiger partial charge in [-0.1, -0.05) is 18.3 Å². The lowest BCUT2D eigenvalue weighted by molar-refractivity contribution is -0.132. The van der Waals surface area contributed by atoms with E-state index in [1.165, 1.54) is 19.3 Å². The molecule has 2 aromatic heterocycles. The van der Waals surface area contributed by atoms with Crippen molar-refractivity contribution in [3.8, 4) is 0 Å². The molecule has 6 nitrogen and oxygen atoms in total. The Labute approximate surface area is 133 Å². The molecule has 1 atom stereocenters. The van der Waals surface area contributed by atoms with Crippen LogP contribution in [0.1, 0.15) is 55.8 Å². The lowest BCUT2D eigenvalue weighted by Gasteiger charge is -2.30. The van der Waals surface area contributed by atoms with Crippen LogP contribution in [0.2, 0.25) is 0 Å². The molecule has 2 fully saturated rings. The molecule has 1 amide bonds. The Morgan fingerprint density at radius 1 is 1.32 bits per heavy atom. The van der Waals surface area contributed by atoms with Crippen molar-refractivity contribution >= 4 is 22.2 Å². The van der Waals surface area contributed by atoms with E-state index in [0.29, 0.717) is 24.7 Å². The van der Waals surface area contributed by atoms with Gasteiger partial charge in [-0.3, -0.25) is 4.79 Å². The third-order valence-corrected chi connectivity index (χ3v) is 5.52. The second-order valence-electron chi connectivity index (χ2n) is 6.61. The van der Waals surface area contributed by atoms with Gasteiger partial charge in [-0.15, -0.1) is 10.2 Å². The SMILES string of the molecule is CC1CCCN(C(=O)CCc2nn3c(C4CC4)nnc3s2)C1. The number of carbonyl (C=O) groups is 1. The standard InChI is InChI=1S/C15H21N5OS/c1-10-3-2-8-19(9-10)13(21)7-6-12-18-20-14(11-4-5-11)16-17-15(20)22-12/h10-11H,2-9H2,1H3. The minimum absolute atomic E-state index is 0.264. The summed E-state index contributed by atoms with van der Waals surface area (Å²) in [4.78, 5) is 15.2. The maximum Gasteiger partial charge on any atom is 0.234 e. The molecule has 7 heteroatoms. The summed E-state index contributed by atoms with van der Waals surface area (Å²) < 4.78 is 1.88. The summed E-state index contributed by atoms with van der Waals surface area (Å²) in [6.45, 7) is 4.05. The molecule has 1 saturated heterocycles. The van der Waals surface area contributed by atoms with Crippen molar-refractivity contribution in [1.29, 1.82) is 0 Å². The molecule has 0 aromatic carbocycles. The van der Waals surface area contributed by atoms with E-state index in [2.05, 4.69) is 22.2 Å². The Bertz CT molecular complexity index is 689. The van der Waals surface area contributed by atoms with Crippen LogP contribution in [0.15, 0.2) is 0 Å². The summed E-state index contributed by atoms with van der Waals surface area (Å²) in [5.74, 6) is 2.43. The van der Waals surface area contributed by atoms with Crippen LogP contribution in [0.5, 0.6) is 0 Å². The number of amides is 1. The maximum atomic E-state index is 12.3. The number of rotatable bonds is 4. The average molecular weight is 319 g/mol. The van der Waals surface area contributed by atoms with Crippen LogP contribution < -0.4 is 0 Å². The first-order valence-electron chi connectivity index (χ1n) is 8.19. The van der Waals surface area contributed by atoms with Crippen molar-refractivity contribution in [2.24, 2.45) is 5.92 Å². The minimum atomic E-state index is 0.264. The fourth-order valence-corrected chi connectivity index (χ4v) is 4.00. The Morgan fingerprint density at radius 3 is 2.95 bits per heavy atom. The van der Waals surface area contributed by atoms with E-state index < -0.39 is 0 Å². The van der Waals surface area contributed by atoms with Gasteiger partial charge in [-0.25, -0.2) is 0 Å². The number of likely N-dealkylation sites (tertiary alicyclic amines) is 1. The van der Waals surface area contributed by atoms with Gasteiger partial charge in [0.05, 0.1) is 0 Å². The summed E-state index contributed by atoms with van der Waals surface area (Å²) in [7, 11) is 0. The molecule has 1 aliphatic heterocycles. The van der Waals surface area contributed by atoms with E-state index in [-0.39, 0.29) is 5.91 Å². The van der Waals surface area contributed by atoms with Crippen LogP contribution in [0.3, 0.4) is 0 Å². The maximum absolute atomic E-state index is 12.3. The molecule has 0 spiro atoms. The fraction of sp³-hybridized carbons (Fsp3) is 0.733. The highest BCUT2D eigenvalue weighted by Crippen LogP contribution is 2.39. The van der Waals surface area contributed by atoms with Gasteiger partial charge in [0.15, 0.2) is 5.82 Å². The first kappa shape index (κ1) is 14.1. The molecule has 2 aliphatic rings. The number of nitrogens with zero attached hydrogens (tertiary/aromatic N) is 5. The highest BCUT2D eigenvalue weighted by Gasteiger charge is 2.30. The Hall–Kier alpha value is -1.50. The quantitative estimate of drug-likeness (QED) is 0.867. The van der Waals surface area contributed by atoms with Gasteiger partial charge in [0.1, 0.15) is 5.01 Å². The second kappa shape index (κ2) is 5.61. The Kier molecular flexibility index (Phi) is 3.60. The van der Waals surface area contributed by atoms with E-state index in [4.69, 9.17) is 0 Å². The van der Waals surface area contributed by atoms with Gasteiger partial charge >= 0.3 is 0 Å². The van der Waals surface area contributed by atoms with Crippen molar-refractivity contribution < 1.29 is 4.79 Å². The number of fused-ring (bicyclic) bond motifs is 1. The van der Waals surface area contributed by atoms with Crippen LogP contribution in [0.4, 0.5) is 0 Å². The zero-order chi connectivity index (χ0) is 15.1. The molecule has 118 valence electrons. The first-order chi connectivity index (χ1) is 10.7. The van der Waals surface area contributed by atoms with Gasteiger partial charge in [-0.2, -0.15) is 9.61 Å². The van der Waals surface area contributed by atoms with E-state index in [0.717, 1.165) is 35.3 Å². The third-order valence-electron chi connectivity index (χ3n) is 4.56. The Morgan fingerprint density at radius 2 is 2.18 bits per heavy atom. The van der Waals surface area contributed by atoms with Crippen molar-refractivity contribution in [2.45, 2.75) is 51.4 Å². The molecular formula is C15H21N5OS. The number of carbonyl (C=O) groups excluding carboxylic acids is 1. The largest absolute Gasteiger partial charge is 0.342 e. The summed E-state index contributed by atoms with van der Waals surface area (Å²) in [6.07, 6.45) is 6.02. The first-order valence-corrected chi connectivity index (χ1v) is 9.01. The van der Waals surface area contributed by atoms with Gasteiger partial charge in [0.2, 0.25) is 10.9 Å². The topological polar surface area (TPSA) is 63.4 Å². The van der Waals surface area contributed by atoms with Crippen molar-refractivity contribution in [3.63, 3.8) is 0 Å². The summed E-state index contributed by atoms with van der Waals surface area (Å²) in [5.41, 5.74) is 0. The van der Waals surface area contributed by atoms with E-state index in [1.807, 2.05) is 9.42 Å². The molecule has 22 heavy (non-hydrogen) atoms. The molecule has 0 radical (unpaired) electrons. The van der Waals surface area contributed by atoms with Crippen LogP contribution in [-0.2, 0) is 11.2 Å². The van der Waals surface area contributed by atoms with Gasteiger partial charge in [-0.05, 0) is 31.6 Å². The lowest BCUT2D eigenvalue weighted by atomic mass is 10.00. The second-order valence-corrected chi connectivity index (χ2v) is 7.65. The molecule has 1 unspecified atom stereocenters. The number of aryl methyl sites for hydroxylation is 1. The van der Waals surface area contributed by atoms with Gasteiger partial charge in [0.25, 0.3) is 0 Å². The lowest BCUT2D eigenvalue weighted by Crippen LogP contribution is -2.39. The molecule has 2 aromatic rings. The zero-order valence-corrected chi connectivity index (χ0v) is 13.7. The third kappa shape index (κ3) is 2.74. The van der Waals surface area contributed by atoms with Crippen molar-refractivity contribution in [3.05, 3.63) is 10.8 Å². The summed E-state index contributed by atoms with van der Waals surface area (Å²) in [5, 5.41) is 14.0. The number of hydrogen-bond donors (Lipinski definition) is 0. The molecular weight excluding hydrogens is 298 g/mol. The van der Waals surface area contributed by atoms with Crippen LogP contribution in [0, 0.1) is 5.92 Å². The van der Waals surface area contributed by atoms with Gasteiger partial charge in [0, 0.05) is 31.8 Å². The van der Waals surface area contributed by atoms with E-state index >= 15 is 0 Å². The summed E-state index contributed by atoms with van der Waals surface area (Å²) >= 11 is 1.56. The smallest absolute Gasteiger partial charge is 0.234 e.